The summed E-state index contributed by atoms with van der Waals surface area (Å²) >= 11 is 3.45. The van der Waals surface area contributed by atoms with Crippen LogP contribution >= 0.6 is 15.9 Å². The Morgan fingerprint density at radius 2 is 2.38 bits per heavy atom. The molecule has 0 aromatic carbocycles. The molecule has 1 unspecified atom stereocenters. The van der Waals surface area contributed by atoms with Crippen LogP contribution < -0.4 is 10.6 Å². The largest absolute Gasteiger partial charge is 0.352 e. The van der Waals surface area contributed by atoms with Crippen molar-refractivity contribution in [2.75, 3.05) is 18.0 Å². The molecule has 1 atom stereocenters. The molecule has 2 rings (SSSR count). The summed E-state index contributed by atoms with van der Waals surface area (Å²) in [5.41, 5.74) is 7.05. The van der Waals surface area contributed by atoms with Crippen LogP contribution in [-0.4, -0.2) is 24.1 Å². The Kier molecular flexibility index (Phi) is 3.82. The average Bonchev–Trinajstić information content (AvgIpc) is 2.29. The Balaban J connectivity index is 2.27. The van der Waals surface area contributed by atoms with E-state index in [1.165, 1.54) is 24.8 Å². The van der Waals surface area contributed by atoms with Gasteiger partial charge in [0.25, 0.3) is 0 Å². The van der Waals surface area contributed by atoms with E-state index in [0.717, 1.165) is 23.4 Å². The first kappa shape index (κ1) is 11.9. The number of nitrogens with two attached hydrogens (primary N) is 1. The Morgan fingerprint density at radius 3 is 3.06 bits per heavy atom. The van der Waals surface area contributed by atoms with Crippen LogP contribution in [0.3, 0.4) is 0 Å². The summed E-state index contributed by atoms with van der Waals surface area (Å²) in [6.07, 6.45) is 5.58. The molecule has 2 heterocycles. The van der Waals surface area contributed by atoms with Crippen molar-refractivity contribution in [1.29, 1.82) is 0 Å². The van der Waals surface area contributed by atoms with Crippen molar-refractivity contribution in [3.8, 4) is 0 Å². The molecule has 4 heteroatoms. The van der Waals surface area contributed by atoms with Gasteiger partial charge in [-0.3, -0.25) is 0 Å². The highest BCUT2D eigenvalue weighted by Crippen LogP contribution is 2.26. The first-order valence-electron chi connectivity index (χ1n) is 5.81. The molecule has 0 saturated carbocycles. The van der Waals surface area contributed by atoms with Crippen molar-refractivity contribution >= 4 is 21.7 Å². The number of anilines is 1. The molecule has 0 spiro atoms. The van der Waals surface area contributed by atoms with E-state index in [1.54, 1.807) is 0 Å². The molecule has 1 aromatic rings. The van der Waals surface area contributed by atoms with E-state index < -0.39 is 0 Å². The lowest BCUT2D eigenvalue weighted by Crippen LogP contribution is -2.44. The number of piperidine rings is 1. The third kappa shape index (κ3) is 2.38. The molecule has 3 nitrogen and oxygen atoms in total. The minimum Gasteiger partial charge on any atom is -0.352 e. The fraction of sp³-hybridized carbons (Fsp3) is 0.583. The monoisotopic (exact) mass is 283 g/mol. The normalized spacial score (nSPS) is 21.2. The van der Waals surface area contributed by atoms with Gasteiger partial charge in [0.1, 0.15) is 5.82 Å². The van der Waals surface area contributed by atoms with E-state index in [0.29, 0.717) is 6.04 Å². The maximum absolute atomic E-state index is 5.83. The number of nitrogens with zero attached hydrogens (tertiary/aromatic N) is 2. The number of hydrogen-bond acceptors (Lipinski definition) is 3. The highest BCUT2D eigenvalue weighted by Gasteiger charge is 2.23. The lowest BCUT2D eigenvalue weighted by atomic mass is 10.0. The SMILES string of the molecule is Cc1cc(Br)cnc1N1CCCCC1CN. The molecule has 2 N–H and O–H groups in total. The molecule has 1 aromatic heterocycles. The highest BCUT2D eigenvalue weighted by molar-refractivity contribution is 9.10. The van der Waals surface area contributed by atoms with E-state index in [1.807, 2.05) is 6.20 Å². The van der Waals surface area contributed by atoms with E-state index in [-0.39, 0.29) is 0 Å². The minimum absolute atomic E-state index is 0.459. The van der Waals surface area contributed by atoms with Crippen LogP contribution in [0.25, 0.3) is 0 Å². The van der Waals surface area contributed by atoms with Gasteiger partial charge in [-0.1, -0.05) is 0 Å². The number of hydrogen-bond donors (Lipinski definition) is 1. The van der Waals surface area contributed by atoms with E-state index >= 15 is 0 Å². The molecule has 1 aliphatic heterocycles. The standard InChI is InChI=1S/C12H18BrN3/c1-9-6-10(13)8-15-12(9)16-5-3-2-4-11(16)7-14/h6,8,11H,2-5,7,14H2,1H3. The molecule has 0 aliphatic carbocycles. The number of pyridine rings is 1. The fourth-order valence-electron chi connectivity index (χ4n) is 2.36. The van der Waals surface area contributed by atoms with Crippen LogP contribution in [0, 0.1) is 6.92 Å². The third-order valence-corrected chi connectivity index (χ3v) is 3.62. The average molecular weight is 284 g/mol. The van der Waals surface area contributed by atoms with Crippen molar-refractivity contribution < 1.29 is 0 Å². The van der Waals surface area contributed by atoms with Crippen LogP contribution in [0.1, 0.15) is 24.8 Å². The van der Waals surface area contributed by atoms with Gasteiger partial charge in [-0.05, 0) is 53.7 Å². The second-order valence-electron chi connectivity index (χ2n) is 4.37. The molecule has 0 radical (unpaired) electrons. The second kappa shape index (κ2) is 5.15. The first-order valence-corrected chi connectivity index (χ1v) is 6.60. The summed E-state index contributed by atoms with van der Waals surface area (Å²) in [7, 11) is 0. The third-order valence-electron chi connectivity index (χ3n) is 3.19. The Bertz CT molecular complexity index is 367. The Morgan fingerprint density at radius 1 is 1.56 bits per heavy atom. The van der Waals surface area contributed by atoms with Crippen molar-refractivity contribution in [2.24, 2.45) is 5.73 Å². The topological polar surface area (TPSA) is 42.2 Å². The number of aryl methyl sites for hydroxylation is 1. The zero-order chi connectivity index (χ0) is 11.5. The van der Waals surface area contributed by atoms with Gasteiger partial charge in [-0.15, -0.1) is 0 Å². The van der Waals surface area contributed by atoms with Gasteiger partial charge in [0, 0.05) is 29.8 Å². The van der Waals surface area contributed by atoms with Crippen molar-refractivity contribution in [3.05, 3.63) is 22.3 Å². The lowest BCUT2D eigenvalue weighted by molar-refractivity contribution is 0.461. The van der Waals surface area contributed by atoms with Crippen LogP contribution in [-0.2, 0) is 0 Å². The fourth-order valence-corrected chi connectivity index (χ4v) is 2.80. The minimum atomic E-state index is 0.459. The van der Waals surface area contributed by atoms with E-state index in [9.17, 15) is 0 Å². The summed E-state index contributed by atoms with van der Waals surface area (Å²) in [6, 6.07) is 2.57. The molecule has 1 saturated heterocycles. The maximum atomic E-state index is 5.83. The Labute approximate surface area is 105 Å². The lowest BCUT2D eigenvalue weighted by Gasteiger charge is -2.36. The molecular formula is C12H18BrN3. The summed E-state index contributed by atoms with van der Waals surface area (Å²) in [5.74, 6) is 1.10. The molecule has 0 amide bonds. The van der Waals surface area contributed by atoms with Crippen LogP contribution in [0.2, 0.25) is 0 Å². The number of aromatic nitrogens is 1. The predicted octanol–water partition coefficient (Wildman–Crippen LogP) is 2.47. The van der Waals surface area contributed by atoms with Gasteiger partial charge in [0.15, 0.2) is 0 Å². The number of halogens is 1. The summed E-state index contributed by atoms with van der Waals surface area (Å²) in [5, 5.41) is 0. The zero-order valence-corrected chi connectivity index (χ0v) is 11.2. The van der Waals surface area contributed by atoms with Gasteiger partial charge < -0.3 is 10.6 Å². The predicted molar refractivity (Wildman–Crippen MR) is 70.7 cm³/mol. The van der Waals surface area contributed by atoms with E-state index in [2.05, 4.69) is 38.8 Å². The molecule has 1 fully saturated rings. The summed E-state index contributed by atoms with van der Waals surface area (Å²) < 4.78 is 1.04. The van der Waals surface area contributed by atoms with E-state index in [4.69, 9.17) is 5.73 Å². The first-order chi connectivity index (χ1) is 7.72. The van der Waals surface area contributed by atoms with Crippen molar-refractivity contribution in [2.45, 2.75) is 32.2 Å². The molecule has 88 valence electrons. The molecule has 0 bridgehead atoms. The van der Waals surface area contributed by atoms with Gasteiger partial charge in [-0.25, -0.2) is 4.98 Å². The molecule has 16 heavy (non-hydrogen) atoms. The molecular weight excluding hydrogens is 266 g/mol. The summed E-state index contributed by atoms with van der Waals surface area (Å²) in [4.78, 5) is 6.89. The van der Waals surface area contributed by atoms with Gasteiger partial charge in [-0.2, -0.15) is 0 Å². The van der Waals surface area contributed by atoms with Crippen LogP contribution in [0.4, 0.5) is 5.82 Å². The summed E-state index contributed by atoms with van der Waals surface area (Å²) in [6.45, 7) is 3.91. The van der Waals surface area contributed by atoms with Crippen molar-refractivity contribution in [1.82, 2.24) is 4.98 Å². The van der Waals surface area contributed by atoms with Gasteiger partial charge in [0.2, 0.25) is 0 Å². The van der Waals surface area contributed by atoms with Crippen LogP contribution in [0.15, 0.2) is 16.7 Å². The zero-order valence-electron chi connectivity index (χ0n) is 9.62. The number of rotatable bonds is 2. The quantitative estimate of drug-likeness (QED) is 0.907. The van der Waals surface area contributed by atoms with Gasteiger partial charge >= 0.3 is 0 Å². The van der Waals surface area contributed by atoms with Crippen LogP contribution in [0.5, 0.6) is 0 Å². The van der Waals surface area contributed by atoms with Crippen molar-refractivity contribution in [3.63, 3.8) is 0 Å². The second-order valence-corrected chi connectivity index (χ2v) is 5.29. The highest BCUT2D eigenvalue weighted by atomic mass is 79.9. The smallest absolute Gasteiger partial charge is 0.131 e. The Hall–Kier alpha value is -0.610. The maximum Gasteiger partial charge on any atom is 0.131 e. The van der Waals surface area contributed by atoms with Gasteiger partial charge in [0.05, 0.1) is 0 Å². The molecule has 1 aliphatic rings.